The number of allylic oxidation sites excluding steroid dienone is 2. The SMILES string of the molecule is CCC1=C2CCCCCCCCC2C(CC)C1=O. The first kappa shape index (κ1) is 13.8. The van der Waals surface area contributed by atoms with Crippen molar-refractivity contribution in [2.45, 2.75) is 78.1 Å². The molecule has 0 aromatic rings. The molecule has 1 heteroatoms. The molecule has 0 N–H and O–H groups in total. The fourth-order valence-electron chi connectivity index (χ4n) is 4.00. The summed E-state index contributed by atoms with van der Waals surface area (Å²) >= 11 is 0. The van der Waals surface area contributed by atoms with E-state index in [1.165, 1.54) is 56.9 Å². The molecule has 2 unspecified atom stereocenters. The molecule has 18 heavy (non-hydrogen) atoms. The highest BCUT2D eigenvalue weighted by Crippen LogP contribution is 2.43. The van der Waals surface area contributed by atoms with Gasteiger partial charge in [-0.3, -0.25) is 4.79 Å². The van der Waals surface area contributed by atoms with Crippen molar-refractivity contribution in [1.82, 2.24) is 0 Å². The van der Waals surface area contributed by atoms with E-state index in [9.17, 15) is 4.79 Å². The standard InChI is InChI=1S/C17H28O/c1-3-13-15-11-9-7-5-6-8-10-12-16(15)14(4-2)17(13)18/h13,15H,3-12H2,1-2H3. The van der Waals surface area contributed by atoms with Gasteiger partial charge in [-0.2, -0.15) is 0 Å². The maximum atomic E-state index is 12.5. The Morgan fingerprint density at radius 3 is 2.33 bits per heavy atom. The summed E-state index contributed by atoms with van der Waals surface area (Å²) in [6, 6.07) is 0. The number of fused-ring (bicyclic) bond motifs is 1. The maximum Gasteiger partial charge on any atom is 0.162 e. The molecule has 0 heterocycles. The number of carbonyl (C=O) groups excluding carboxylic acids is 1. The highest BCUT2D eigenvalue weighted by atomic mass is 16.1. The Morgan fingerprint density at radius 2 is 1.67 bits per heavy atom. The molecule has 0 radical (unpaired) electrons. The topological polar surface area (TPSA) is 17.1 Å². The molecule has 0 spiro atoms. The highest BCUT2D eigenvalue weighted by Gasteiger charge is 2.38. The predicted molar refractivity (Wildman–Crippen MR) is 76.5 cm³/mol. The zero-order valence-corrected chi connectivity index (χ0v) is 12.1. The zero-order valence-electron chi connectivity index (χ0n) is 12.1. The molecular formula is C17H28O. The van der Waals surface area contributed by atoms with Crippen LogP contribution >= 0.6 is 0 Å². The summed E-state index contributed by atoms with van der Waals surface area (Å²) in [4.78, 5) is 12.5. The second-order valence-electron chi connectivity index (χ2n) is 6.00. The van der Waals surface area contributed by atoms with Gasteiger partial charge in [-0.1, -0.05) is 51.5 Å². The van der Waals surface area contributed by atoms with Crippen LogP contribution in [0, 0.1) is 11.8 Å². The molecule has 2 atom stereocenters. The summed E-state index contributed by atoms with van der Waals surface area (Å²) in [6.45, 7) is 4.35. The van der Waals surface area contributed by atoms with Crippen molar-refractivity contribution in [3.05, 3.63) is 11.1 Å². The molecule has 1 nitrogen and oxygen atoms in total. The lowest BCUT2D eigenvalue weighted by atomic mass is 9.82. The first-order valence-corrected chi connectivity index (χ1v) is 8.05. The van der Waals surface area contributed by atoms with E-state index in [0.717, 1.165) is 12.8 Å². The third kappa shape index (κ3) is 2.70. The Kier molecular flexibility index (Phi) is 5.03. The first-order chi connectivity index (χ1) is 8.79. The van der Waals surface area contributed by atoms with Crippen LogP contribution in [0.5, 0.6) is 0 Å². The van der Waals surface area contributed by atoms with Crippen LogP contribution in [0.25, 0.3) is 0 Å². The molecule has 0 saturated heterocycles. The maximum absolute atomic E-state index is 12.5. The fourth-order valence-corrected chi connectivity index (χ4v) is 4.00. The van der Waals surface area contributed by atoms with Crippen molar-refractivity contribution < 1.29 is 4.79 Å². The van der Waals surface area contributed by atoms with Crippen molar-refractivity contribution in [2.24, 2.45) is 11.8 Å². The van der Waals surface area contributed by atoms with Gasteiger partial charge in [-0.25, -0.2) is 0 Å². The second kappa shape index (κ2) is 6.54. The molecule has 0 aliphatic heterocycles. The van der Waals surface area contributed by atoms with Crippen LogP contribution in [0.4, 0.5) is 0 Å². The zero-order chi connectivity index (χ0) is 13.0. The Labute approximate surface area is 112 Å². The number of rotatable bonds is 2. The Hall–Kier alpha value is -0.590. The van der Waals surface area contributed by atoms with Crippen LogP contribution < -0.4 is 0 Å². The second-order valence-corrected chi connectivity index (χ2v) is 6.00. The largest absolute Gasteiger partial charge is 0.294 e. The Bertz CT molecular complexity index is 327. The Morgan fingerprint density at radius 1 is 1.00 bits per heavy atom. The lowest BCUT2D eigenvalue weighted by molar-refractivity contribution is -0.119. The number of hydrogen-bond donors (Lipinski definition) is 0. The summed E-state index contributed by atoms with van der Waals surface area (Å²) in [5.41, 5.74) is 2.78. The van der Waals surface area contributed by atoms with E-state index >= 15 is 0 Å². The van der Waals surface area contributed by atoms with Crippen LogP contribution in [0.15, 0.2) is 11.1 Å². The first-order valence-electron chi connectivity index (χ1n) is 8.05. The molecule has 1 saturated carbocycles. The summed E-state index contributed by atoms with van der Waals surface area (Å²) in [5.74, 6) is 1.43. The van der Waals surface area contributed by atoms with Gasteiger partial charge < -0.3 is 0 Å². The average molecular weight is 248 g/mol. The van der Waals surface area contributed by atoms with Crippen LogP contribution in [-0.2, 0) is 4.79 Å². The van der Waals surface area contributed by atoms with Crippen LogP contribution in [-0.4, -0.2) is 5.78 Å². The lowest BCUT2D eigenvalue weighted by Gasteiger charge is -2.22. The fraction of sp³-hybridized carbons (Fsp3) is 0.824. The smallest absolute Gasteiger partial charge is 0.162 e. The van der Waals surface area contributed by atoms with Crippen molar-refractivity contribution >= 4 is 5.78 Å². The van der Waals surface area contributed by atoms with Gasteiger partial charge >= 0.3 is 0 Å². The molecule has 2 rings (SSSR count). The van der Waals surface area contributed by atoms with Crippen LogP contribution in [0.2, 0.25) is 0 Å². The van der Waals surface area contributed by atoms with Gasteiger partial charge in [-0.05, 0) is 43.6 Å². The monoisotopic (exact) mass is 248 g/mol. The van der Waals surface area contributed by atoms with E-state index in [0.29, 0.717) is 17.6 Å². The minimum atomic E-state index is 0.328. The minimum Gasteiger partial charge on any atom is -0.294 e. The van der Waals surface area contributed by atoms with Crippen molar-refractivity contribution in [2.75, 3.05) is 0 Å². The molecule has 0 amide bonds. The van der Waals surface area contributed by atoms with Gasteiger partial charge in [0.25, 0.3) is 0 Å². The van der Waals surface area contributed by atoms with Crippen LogP contribution in [0.1, 0.15) is 78.1 Å². The van der Waals surface area contributed by atoms with E-state index in [4.69, 9.17) is 0 Å². The van der Waals surface area contributed by atoms with Gasteiger partial charge in [0.05, 0.1) is 0 Å². The van der Waals surface area contributed by atoms with Crippen LogP contribution in [0.3, 0.4) is 0 Å². The molecule has 2 aliphatic carbocycles. The summed E-state index contributed by atoms with van der Waals surface area (Å²) < 4.78 is 0. The highest BCUT2D eigenvalue weighted by molar-refractivity contribution is 6.01. The average Bonchev–Trinajstić information content (AvgIpc) is 2.65. The third-order valence-electron chi connectivity index (χ3n) is 4.96. The van der Waals surface area contributed by atoms with Gasteiger partial charge in [0.1, 0.15) is 0 Å². The van der Waals surface area contributed by atoms with Crippen molar-refractivity contribution in [3.8, 4) is 0 Å². The molecule has 0 aromatic carbocycles. The molecule has 2 aliphatic rings. The number of carbonyl (C=O) groups is 1. The van der Waals surface area contributed by atoms with Gasteiger partial charge in [0.2, 0.25) is 0 Å². The van der Waals surface area contributed by atoms with E-state index in [-0.39, 0.29) is 0 Å². The van der Waals surface area contributed by atoms with Gasteiger partial charge in [-0.15, -0.1) is 0 Å². The third-order valence-corrected chi connectivity index (χ3v) is 4.96. The summed E-state index contributed by atoms with van der Waals surface area (Å²) in [5, 5.41) is 0. The van der Waals surface area contributed by atoms with Gasteiger partial charge in [0, 0.05) is 5.92 Å². The summed E-state index contributed by atoms with van der Waals surface area (Å²) in [6.07, 6.45) is 12.6. The minimum absolute atomic E-state index is 0.328. The number of hydrogen-bond acceptors (Lipinski definition) is 1. The molecule has 0 bridgehead atoms. The van der Waals surface area contributed by atoms with E-state index in [2.05, 4.69) is 13.8 Å². The van der Waals surface area contributed by atoms with E-state index in [1.807, 2.05) is 0 Å². The molecule has 0 aromatic heterocycles. The summed E-state index contributed by atoms with van der Waals surface area (Å²) in [7, 11) is 0. The molecule has 1 fully saturated rings. The quantitative estimate of drug-likeness (QED) is 0.668. The van der Waals surface area contributed by atoms with Crippen molar-refractivity contribution in [3.63, 3.8) is 0 Å². The normalized spacial score (nSPS) is 30.4. The van der Waals surface area contributed by atoms with E-state index < -0.39 is 0 Å². The van der Waals surface area contributed by atoms with E-state index in [1.54, 1.807) is 5.57 Å². The number of ketones is 1. The lowest BCUT2D eigenvalue weighted by Crippen LogP contribution is -2.17. The Balaban J connectivity index is 2.21. The molecular weight excluding hydrogens is 220 g/mol. The van der Waals surface area contributed by atoms with Gasteiger partial charge in [0.15, 0.2) is 5.78 Å². The van der Waals surface area contributed by atoms with Crippen molar-refractivity contribution in [1.29, 1.82) is 0 Å². The number of Topliss-reactive ketones (excluding diaryl/α,β-unsaturated/α-hetero) is 1. The predicted octanol–water partition coefficient (Wildman–Crippen LogP) is 5.05. The molecule has 102 valence electrons.